The van der Waals surface area contributed by atoms with Gasteiger partial charge in [0, 0.05) is 31.9 Å². The van der Waals surface area contributed by atoms with Crippen LogP contribution in [0.3, 0.4) is 0 Å². The van der Waals surface area contributed by atoms with Crippen LogP contribution >= 0.6 is 0 Å². The van der Waals surface area contributed by atoms with Gasteiger partial charge in [0.2, 0.25) is 5.91 Å². The summed E-state index contributed by atoms with van der Waals surface area (Å²) < 4.78 is 46.1. The number of anilines is 1. The van der Waals surface area contributed by atoms with Crippen molar-refractivity contribution in [3.05, 3.63) is 24.3 Å². The van der Waals surface area contributed by atoms with E-state index in [1.807, 2.05) is 11.9 Å². The van der Waals surface area contributed by atoms with Gasteiger partial charge in [-0.3, -0.25) is 14.6 Å². The number of nitrogens with one attached hydrogen (secondary N) is 1. The van der Waals surface area contributed by atoms with Crippen molar-refractivity contribution in [2.45, 2.75) is 26.3 Å². The fraction of sp³-hybridized carbons (Fsp3) is 0.632. The lowest BCUT2D eigenvalue weighted by Crippen LogP contribution is -2.48. The minimum absolute atomic E-state index is 0.0455. The lowest BCUT2D eigenvalue weighted by atomic mass is 10.1. The molecule has 0 unspecified atom stereocenters. The summed E-state index contributed by atoms with van der Waals surface area (Å²) >= 11 is 0. The fourth-order valence-electron chi connectivity index (χ4n) is 3.17. The first-order chi connectivity index (χ1) is 13.1. The highest BCUT2D eigenvalue weighted by molar-refractivity contribution is 5.92. The summed E-state index contributed by atoms with van der Waals surface area (Å²) in [5.74, 6) is 0.0139. The van der Waals surface area contributed by atoms with Crippen molar-refractivity contribution in [2.24, 2.45) is 5.92 Å². The molecule has 158 valence electrons. The summed E-state index contributed by atoms with van der Waals surface area (Å²) in [6.07, 6.45) is -4.69. The third kappa shape index (κ3) is 8.45. The predicted molar refractivity (Wildman–Crippen MR) is 100 cm³/mol. The van der Waals surface area contributed by atoms with Gasteiger partial charge in [0.05, 0.1) is 19.3 Å². The summed E-state index contributed by atoms with van der Waals surface area (Å²) in [7, 11) is 1.84. The van der Waals surface area contributed by atoms with Gasteiger partial charge in [-0.25, -0.2) is 0 Å². The van der Waals surface area contributed by atoms with Crippen molar-refractivity contribution in [2.75, 3.05) is 51.7 Å². The number of nitrogens with zero attached hydrogens (tertiary/aromatic N) is 2. The van der Waals surface area contributed by atoms with Gasteiger partial charge in [0.25, 0.3) is 0 Å². The molecule has 1 N–H and O–H groups in total. The van der Waals surface area contributed by atoms with Crippen LogP contribution in [-0.2, 0) is 9.53 Å². The van der Waals surface area contributed by atoms with Gasteiger partial charge in [-0.05, 0) is 37.2 Å². The second-order valence-corrected chi connectivity index (χ2v) is 7.46. The zero-order valence-electron chi connectivity index (χ0n) is 16.5. The Kier molecular flexibility index (Phi) is 8.09. The summed E-state index contributed by atoms with van der Waals surface area (Å²) in [6, 6.07) is 5.05. The molecule has 1 aromatic carbocycles. The summed E-state index contributed by atoms with van der Waals surface area (Å²) in [5.41, 5.74) is 0.407. The van der Waals surface area contributed by atoms with Gasteiger partial charge in [-0.15, -0.1) is 13.2 Å². The SMILES string of the molecule is CC(C)CN1CCO[C@H](CN(C)CC(=O)Nc2ccc(OC(F)(F)F)cc2)C1. The molecule has 1 aromatic rings. The van der Waals surface area contributed by atoms with E-state index in [0.717, 1.165) is 31.8 Å². The number of alkyl halides is 3. The Morgan fingerprint density at radius 1 is 1.36 bits per heavy atom. The second kappa shape index (κ2) is 10.1. The lowest BCUT2D eigenvalue weighted by molar-refractivity contribution is -0.274. The molecule has 0 aromatic heterocycles. The largest absolute Gasteiger partial charge is 0.573 e. The average Bonchev–Trinajstić information content (AvgIpc) is 2.54. The average molecular weight is 403 g/mol. The van der Waals surface area contributed by atoms with E-state index in [1.165, 1.54) is 12.1 Å². The number of carbonyl (C=O) groups is 1. The molecule has 1 saturated heterocycles. The zero-order valence-corrected chi connectivity index (χ0v) is 16.5. The second-order valence-electron chi connectivity index (χ2n) is 7.46. The Hall–Kier alpha value is -1.84. The van der Waals surface area contributed by atoms with Crippen molar-refractivity contribution in [3.8, 4) is 5.75 Å². The first-order valence-corrected chi connectivity index (χ1v) is 9.29. The highest BCUT2D eigenvalue weighted by Gasteiger charge is 2.31. The molecule has 1 aliphatic heterocycles. The first-order valence-electron chi connectivity index (χ1n) is 9.29. The molecule has 0 saturated carbocycles. The van der Waals surface area contributed by atoms with Crippen molar-refractivity contribution < 1.29 is 27.4 Å². The smallest absolute Gasteiger partial charge is 0.406 e. The zero-order chi connectivity index (χ0) is 20.7. The molecule has 1 fully saturated rings. The topological polar surface area (TPSA) is 54.0 Å². The van der Waals surface area contributed by atoms with Crippen molar-refractivity contribution in [3.63, 3.8) is 0 Å². The predicted octanol–water partition coefficient (Wildman–Crippen LogP) is 2.81. The molecule has 0 spiro atoms. The molecule has 9 heteroatoms. The number of likely N-dealkylation sites (N-methyl/N-ethyl adjacent to an activating group) is 1. The summed E-state index contributed by atoms with van der Waals surface area (Å²) in [5, 5.41) is 2.67. The molecule has 1 aliphatic rings. The molecule has 0 radical (unpaired) electrons. The van der Waals surface area contributed by atoms with Crippen LogP contribution in [0.25, 0.3) is 0 Å². The number of amides is 1. The Bertz CT molecular complexity index is 623. The Labute approximate surface area is 163 Å². The quantitative estimate of drug-likeness (QED) is 0.724. The monoisotopic (exact) mass is 403 g/mol. The standard InChI is InChI=1S/C19H28F3N3O3/c1-14(2)10-25-8-9-27-17(12-25)11-24(3)13-18(26)23-15-4-6-16(7-5-15)28-19(20,21)22/h4-7,14,17H,8-13H2,1-3H3,(H,23,26)/t17-/m1/s1. The number of halogens is 3. The number of rotatable bonds is 8. The van der Waals surface area contributed by atoms with E-state index >= 15 is 0 Å². The van der Waals surface area contributed by atoms with Crippen LogP contribution in [0.5, 0.6) is 5.75 Å². The van der Waals surface area contributed by atoms with Crippen molar-refractivity contribution in [1.29, 1.82) is 0 Å². The summed E-state index contributed by atoms with van der Waals surface area (Å²) in [4.78, 5) is 16.4. The van der Waals surface area contributed by atoms with Crippen LogP contribution in [0.2, 0.25) is 0 Å². The Morgan fingerprint density at radius 2 is 2.04 bits per heavy atom. The van der Waals surface area contributed by atoms with E-state index in [4.69, 9.17) is 4.74 Å². The Balaban J connectivity index is 1.76. The van der Waals surface area contributed by atoms with Crippen LogP contribution in [0.4, 0.5) is 18.9 Å². The van der Waals surface area contributed by atoms with Crippen LogP contribution < -0.4 is 10.1 Å². The van der Waals surface area contributed by atoms with E-state index in [9.17, 15) is 18.0 Å². The van der Waals surface area contributed by atoms with Gasteiger partial charge in [-0.2, -0.15) is 0 Å². The number of carbonyl (C=O) groups excluding carboxylic acids is 1. The molecule has 1 heterocycles. The molecule has 1 amide bonds. The molecule has 28 heavy (non-hydrogen) atoms. The van der Waals surface area contributed by atoms with E-state index in [-0.39, 0.29) is 24.3 Å². The number of hydrogen-bond acceptors (Lipinski definition) is 5. The molecule has 2 rings (SSSR count). The molecule has 0 bridgehead atoms. The van der Waals surface area contributed by atoms with E-state index in [0.29, 0.717) is 24.8 Å². The molecule has 6 nitrogen and oxygen atoms in total. The first kappa shape index (κ1) is 22.4. The minimum Gasteiger partial charge on any atom is -0.406 e. The lowest BCUT2D eigenvalue weighted by Gasteiger charge is -2.35. The molecular formula is C19H28F3N3O3. The molecule has 0 aliphatic carbocycles. The van der Waals surface area contributed by atoms with Crippen molar-refractivity contribution in [1.82, 2.24) is 9.80 Å². The number of hydrogen-bond donors (Lipinski definition) is 1. The maximum atomic E-state index is 12.2. The third-order valence-corrected chi connectivity index (χ3v) is 4.15. The number of ether oxygens (including phenoxy) is 2. The van der Waals surface area contributed by atoms with Gasteiger partial charge in [0.1, 0.15) is 5.75 Å². The Morgan fingerprint density at radius 3 is 2.64 bits per heavy atom. The van der Waals surface area contributed by atoms with Gasteiger partial charge in [0.15, 0.2) is 0 Å². The minimum atomic E-state index is -4.74. The number of morpholine rings is 1. The van der Waals surface area contributed by atoms with Crippen LogP contribution in [0.1, 0.15) is 13.8 Å². The molecular weight excluding hydrogens is 375 g/mol. The van der Waals surface area contributed by atoms with Gasteiger partial charge < -0.3 is 14.8 Å². The van der Waals surface area contributed by atoms with Gasteiger partial charge >= 0.3 is 6.36 Å². The number of benzene rings is 1. The fourth-order valence-corrected chi connectivity index (χ4v) is 3.17. The van der Waals surface area contributed by atoms with Crippen molar-refractivity contribution >= 4 is 11.6 Å². The highest BCUT2D eigenvalue weighted by Crippen LogP contribution is 2.23. The van der Waals surface area contributed by atoms with Gasteiger partial charge in [-0.1, -0.05) is 13.8 Å². The summed E-state index contributed by atoms with van der Waals surface area (Å²) in [6.45, 7) is 8.62. The maximum absolute atomic E-state index is 12.2. The normalized spacial score (nSPS) is 18.5. The van der Waals surface area contributed by atoms with E-state index in [1.54, 1.807) is 0 Å². The van der Waals surface area contributed by atoms with E-state index in [2.05, 4.69) is 28.8 Å². The van der Waals surface area contributed by atoms with E-state index < -0.39 is 6.36 Å². The third-order valence-electron chi connectivity index (χ3n) is 4.15. The molecule has 1 atom stereocenters. The maximum Gasteiger partial charge on any atom is 0.573 e. The van der Waals surface area contributed by atoms with Crippen LogP contribution in [0, 0.1) is 5.92 Å². The highest BCUT2D eigenvalue weighted by atomic mass is 19.4. The van der Waals surface area contributed by atoms with Crippen LogP contribution in [-0.4, -0.2) is 74.6 Å². The van der Waals surface area contributed by atoms with Crippen LogP contribution in [0.15, 0.2) is 24.3 Å².